The minimum absolute atomic E-state index is 0.156. The first-order valence-corrected chi connectivity index (χ1v) is 8.56. The predicted octanol–water partition coefficient (Wildman–Crippen LogP) is 2.67. The lowest BCUT2D eigenvalue weighted by molar-refractivity contribution is 0.156. The minimum atomic E-state index is -0.357. The molecule has 2 aliphatic carbocycles. The Morgan fingerprint density at radius 2 is 2.09 bits per heavy atom. The van der Waals surface area contributed by atoms with Gasteiger partial charge in [0.25, 0.3) is 0 Å². The highest BCUT2D eigenvalue weighted by Crippen LogP contribution is 2.56. The highest BCUT2D eigenvalue weighted by molar-refractivity contribution is 5.61. The van der Waals surface area contributed by atoms with E-state index in [9.17, 15) is 10.2 Å². The van der Waals surface area contributed by atoms with E-state index in [1.165, 1.54) is 11.1 Å². The van der Waals surface area contributed by atoms with Crippen LogP contribution in [0.4, 0.5) is 0 Å². The van der Waals surface area contributed by atoms with Crippen LogP contribution in [0.25, 0.3) is 0 Å². The van der Waals surface area contributed by atoms with Crippen molar-refractivity contribution in [3.63, 3.8) is 0 Å². The third-order valence-electron chi connectivity index (χ3n) is 6.10. The molecule has 1 aromatic carbocycles. The average molecular weight is 315 g/mol. The molecule has 0 aromatic heterocycles. The molecule has 4 rings (SSSR count). The van der Waals surface area contributed by atoms with Crippen LogP contribution < -0.4 is 4.74 Å². The van der Waals surface area contributed by atoms with Crippen molar-refractivity contribution in [1.29, 1.82) is 0 Å². The molecule has 1 spiro atoms. The van der Waals surface area contributed by atoms with Gasteiger partial charge in [-0.15, -0.1) is 0 Å². The van der Waals surface area contributed by atoms with Gasteiger partial charge in [0.05, 0.1) is 13.2 Å². The van der Waals surface area contributed by atoms with Crippen LogP contribution in [0, 0.1) is 0 Å². The van der Waals surface area contributed by atoms with E-state index in [1.807, 2.05) is 12.1 Å². The zero-order valence-electron chi connectivity index (χ0n) is 13.9. The topological polar surface area (TPSA) is 52.9 Å². The number of benzene rings is 1. The Hall–Kier alpha value is -1.52. The maximum absolute atomic E-state index is 10.9. The van der Waals surface area contributed by atoms with Gasteiger partial charge in [0.2, 0.25) is 0 Å². The van der Waals surface area contributed by atoms with Crippen LogP contribution in [-0.4, -0.2) is 41.9 Å². The fourth-order valence-corrected chi connectivity index (χ4v) is 4.82. The molecular weight excluding hydrogens is 290 g/mol. The van der Waals surface area contributed by atoms with Crippen molar-refractivity contribution in [2.24, 2.45) is 0 Å². The fraction of sp³-hybridized carbons (Fsp3) is 0.579. The maximum Gasteiger partial charge on any atom is 0.162 e. The van der Waals surface area contributed by atoms with Gasteiger partial charge in [-0.3, -0.25) is 4.90 Å². The molecule has 4 nitrogen and oxygen atoms in total. The molecule has 0 saturated heterocycles. The number of allylic oxidation sites excluding steroid dienone is 1. The number of phenols is 1. The number of ether oxygens (including phenoxy) is 1. The molecule has 124 valence electrons. The Bertz CT molecular complexity index is 669. The van der Waals surface area contributed by atoms with Crippen molar-refractivity contribution < 1.29 is 14.9 Å². The van der Waals surface area contributed by atoms with Gasteiger partial charge in [0.15, 0.2) is 11.5 Å². The van der Waals surface area contributed by atoms with E-state index in [2.05, 4.69) is 18.0 Å². The number of hydrogen-bond donors (Lipinski definition) is 2. The standard InChI is InChI=1S/C19H25NO3/c1-20-10-6-12-11-15(23-2)18(22)17-16(12)14(20)5-9-19(17)7-3-13(21)4-8-19/h3,7,11,13-14,21-22H,4-6,8-10H2,1-2H3. The fourth-order valence-electron chi connectivity index (χ4n) is 4.82. The molecule has 3 unspecified atom stereocenters. The Labute approximate surface area is 137 Å². The molecule has 1 heterocycles. The summed E-state index contributed by atoms with van der Waals surface area (Å²) in [6, 6.07) is 2.41. The molecule has 0 radical (unpaired) electrons. The summed E-state index contributed by atoms with van der Waals surface area (Å²) in [5.74, 6) is 0.884. The van der Waals surface area contributed by atoms with E-state index in [1.54, 1.807) is 7.11 Å². The third-order valence-corrected chi connectivity index (χ3v) is 6.10. The number of likely N-dealkylation sites (N-methyl/N-ethyl adjacent to an activating group) is 1. The van der Waals surface area contributed by atoms with Crippen LogP contribution >= 0.6 is 0 Å². The summed E-state index contributed by atoms with van der Waals surface area (Å²) in [6.07, 6.45) is 8.43. The van der Waals surface area contributed by atoms with Crippen LogP contribution in [-0.2, 0) is 11.8 Å². The summed E-state index contributed by atoms with van der Waals surface area (Å²) < 4.78 is 5.46. The normalized spacial score (nSPS) is 32.8. The van der Waals surface area contributed by atoms with E-state index in [0.717, 1.165) is 44.2 Å². The van der Waals surface area contributed by atoms with E-state index in [-0.39, 0.29) is 11.5 Å². The highest BCUT2D eigenvalue weighted by atomic mass is 16.5. The molecule has 0 amide bonds. The zero-order valence-corrected chi connectivity index (χ0v) is 13.9. The first-order valence-electron chi connectivity index (χ1n) is 8.56. The highest BCUT2D eigenvalue weighted by Gasteiger charge is 2.45. The molecule has 2 N–H and O–H groups in total. The second kappa shape index (κ2) is 5.25. The second-order valence-corrected chi connectivity index (χ2v) is 7.28. The first-order chi connectivity index (χ1) is 11.1. The van der Waals surface area contributed by atoms with Gasteiger partial charge >= 0.3 is 0 Å². The maximum atomic E-state index is 10.9. The SMILES string of the molecule is COc1cc2c3c(c1O)C1(C=CC(O)CC1)CCC3N(C)CC2. The van der Waals surface area contributed by atoms with Crippen molar-refractivity contribution >= 4 is 0 Å². The molecule has 0 bridgehead atoms. The number of methoxy groups -OCH3 is 1. The zero-order chi connectivity index (χ0) is 16.2. The van der Waals surface area contributed by atoms with Crippen molar-refractivity contribution in [3.05, 3.63) is 34.9 Å². The number of phenolic OH excluding ortho intramolecular Hbond substituents is 1. The number of fused-ring (bicyclic) bond motifs is 1. The van der Waals surface area contributed by atoms with Gasteiger partial charge in [-0.1, -0.05) is 12.2 Å². The lowest BCUT2D eigenvalue weighted by Gasteiger charge is -2.48. The number of aliphatic hydroxyl groups excluding tert-OH is 1. The largest absolute Gasteiger partial charge is 0.504 e. The quantitative estimate of drug-likeness (QED) is 0.782. The number of nitrogens with zero attached hydrogens (tertiary/aromatic N) is 1. The van der Waals surface area contributed by atoms with Crippen molar-refractivity contribution in [1.82, 2.24) is 4.90 Å². The average Bonchev–Trinajstić information content (AvgIpc) is 2.56. The Balaban J connectivity index is 1.97. The van der Waals surface area contributed by atoms with E-state index < -0.39 is 0 Å². The van der Waals surface area contributed by atoms with E-state index >= 15 is 0 Å². The Morgan fingerprint density at radius 3 is 2.78 bits per heavy atom. The van der Waals surface area contributed by atoms with E-state index in [4.69, 9.17) is 4.74 Å². The predicted molar refractivity (Wildman–Crippen MR) is 89.0 cm³/mol. The molecule has 0 fully saturated rings. The van der Waals surface area contributed by atoms with Crippen LogP contribution in [0.15, 0.2) is 18.2 Å². The summed E-state index contributed by atoms with van der Waals surface area (Å²) in [6.45, 7) is 1.05. The van der Waals surface area contributed by atoms with Gasteiger partial charge < -0.3 is 14.9 Å². The lowest BCUT2D eigenvalue weighted by Crippen LogP contribution is -2.42. The van der Waals surface area contributed by atoms with Crippen molar-refractivity contribution in [2.45, 2.75) is 49.7 Å². The Kier molecular flexibility index (Phi) is 3.43. The summed E-state index contributed by atoms with van der Waals surface area (Å²) in [7, 11) is 3.80. The Morgan fingerprint density at radius 1 is 1.30 bits per heavy atom. The van der Waals surface area contributed by atoms with Gasteiger partial charge in [0.1, 0.15) is 0 Å². The van der Waals surface area contributed by atoms with Crippen molar-refractivity contribution in [2.75, 3.05) is 20.7 Å². The number of hydrogen-bond acceptors (Lipinski definition) is 4. The molecule has 3 aliphatic rings. The first kappa shape index (κ1) is 15.0. The number of aliphatic hydroxyl groups is 1. The van der Waals surface area contributed by atoms with Crippen LogP contribution in [0.5, 0.6) is 11.5 Å². The van der Waals surface area contributed by atoms with Gasteiger partial charge in [-0.25, -0.2) is 0 Å². The molecule has 23 heavy (non-hydrogen) atoms. The van der Waals surface area contributed by atoms with Crippen LogP contribution in [0.2, 0.25) is 0 Å². The second-order valence-electron chi connectivity index (χ2n) is 7.28. The molecular formula is C19H25NO3. The number of aromatic hydroxyl groups is 1. The molecule has 0 saturated carbocycles. The van der Waals surface area contributed by atoms with Gasteiger partial charge in [0, 0.05) is 23.6 Å². The minimum Gasteiger partial charge on any atom is -0.504 e. The smallest absolute Gasteiger partial charge is 0.162 e. The molecule has 3 atom stereocenters. The van der Waals surface area contributed by atoms with Gasteiger partial charge in [-0.05, 0) is 56.3 Å². The number of rotatable bonds is 1. The van der Waals surface area contributed by atoms with E-state index in [0.29, 0.717) is 17.5 Å². The van der Waals surface area contributed by atoms with Crippen molar-refractivity contribution in [3.8, 4) is 11.5 Å². The summed E-state index contributed by atoms with van der Waals surface area (Å²) in [5.41, 5.74) is 3.52. The molecule has 4 heteroatoms. The summed E-state index contributed by atoms with van der Waals surface area (Å²) in [4.78, 5) is 2.41. The third kappa shape index (κ3) is 2.12. The van der Waals surface area contributed by atoms with Crippen LogP contribution in [0.3, 0.4) is 0 Å². The summed E-state index contributed by atoms with van der Waals surface area (Å²) in [5, 5.41) is 20.8. The molecule has 1 aliphatic heterocycles. The molecule has 1 aromatic rings. The monoisotopic (exact) mass is 315 g/mol. The van der Waals surface area contributed by atoms with Crippen LogP contribution in [0.1, 0.15) is 48.4 Å². The van der Waals surface area contributed by atoms with Gasteiger partial charge in [-0.2, -0.15) is 0 Å². The lowest BCUT2D eigenvalue weighted by atomic mass is 9.62. The summed E-state index contributed by atoms with van der Waals surface area (Å²) >= 11 is 0.